The predicted molar refractivity (Wildman–Crippen MR) is 62.7 cm³/mol. The van der Waals surface area contributed by atoms with Gasteiger partial charge < -0.3 is 14.5 Å². The number of methoxy groups -OCH3 is 2. The number of halogens is 3. The number of ether oxygens (including phenoxy) is 2. The van der Waals surface area contributed by atoms with Crippen LogP contribution in [0.4, 0.5) is 13.2 Å². The fourth-order valence-electron chi connectivity index (χ4n) is 1.73. The highest BCUT2D eigenvalue weighted by Gasteiger charge is 2.32. The first-order valence-electron chi connectivity index (χ1n) is 5.23. The molecule has 0 radical (unpaired) electrons. The van der Waals surface area contributed by atoms with Crippen molar-refractivity contribution in [1.82, 2.24) is 4.98 Å². The van der Waals surface area contributed by atoms with Crippen LogP contribution in [0.15, 0.2) is 23.0 Å². The summed E-state index contributed by atoms with van der Waals surface area (Å²) in [5, 5.41) is 0.102. The van der Waals surface area contributed by atoms with Crippen molar-refractivity contribution in [3.63, 3.8) is 0 Å². The topological polar surface area (TPSA) is 51.3 Å². The number of aromatic amines is 1. The van der Waals surface area contributed by atoms with E-state index >= 15 is 0 Å². The number of aromatic nitrogens is 1. The van der Waals surface area contributed by atoms with Gasteiger partial charge in [0.15, 0.2) is 16.9 Å². The summed E-state index contributed by atoms with van der Waals surface area (Å²) in [6, 6.07) is 3.16. The van der Waals surface area contributed by atoms with Crippen molar-refractivity contribution in [2.75, 3.05) is 14.2 Å². The minimum absolute atomic E-state index is 0.0393. The molecule has 2 rings (SSSR count). The third kappa shape index (κ3) is 2.35. The second-order valence-corrected chi connectivity index (χ2v) is 3.80. The Morgan fingerprint density at radius 3 is 2.16 bits per heavy atom. The Hall–Kier alpha value is -2.18. The predicted octanol–water partition coefficient (Wildman–Crippen LogP) is 2.56. The van der Waals surface area contributed by atoms with Gasteiger partial charge in [0.2, 0.25) is 0 Å². The highest BCUT2D eigenvalue weighted by atomic mass is 19.4. The monoisotopic (exact) mass is 273 g/mol. The largest absolute Gasteiger partial charge is 0.493 e. The zero-order chi connectivity index (χ0) is 14.2. The van der Waals surface area contributed by atoms with Gasteiger partial charge in [-0.2, -0.15) is 13.2 Å². The lowest BCUT2D eigenvalue weighted by Crippen LogP contribution is -2.14. The Morgan fingerprint density at radius 2 is 1.63 bits per heavy atom. The molecular formula is C12H10F3NO3. The van der Waals surface area contributed by atoms with E-state index in [1.807, 2.05) is 0 Å². The van der Waals surface area contributed by atoms with Gasteiger partial charge in [-0.15, -0.1) is 0 Å². The quantitative estimate of drug-likeness (QED) is 0.914. The van der Waals surface area contributed by atoms with Crippen LogP contribution >= 0.6 is 0 Å². The van der Waals surface area contributed by atoms with E-state index in [0.717, 1.165) is 0 Å². The van der Waals surface area contributed by atoms with Gasteiger partial charge in [0, 0.05) is 17.5 Å². The van der Waals surface area contributed by atoms with Crippen LogP contribution < -0.4 is 14.9 Å². The van der Waals surface area contributed by atoms with E-state index in [1.165, 1.54) is 26.4 Å². The molecule has 4 nitrogen and oxygen atoms in total. The highest BCUT2D eigenvalue weighted by molar-refractivity contribution is 5.82. The van der Waals surface area contributed by atoms with Gasteiger partial charge >= 0.3 is 6.18 Å². The van der Waals surface area contributed by atoms with Crippen molar-refractivity contribution >= 4 is 10.9 Å². The lowest BCUT2D eigenvalue weighted by atomic mass is 10.1. The molecule has 1 heterocycles. The van der Waals surface area contributed by atoms with Crippen LogP contribution in [-0.2, 0) is 6.18 Å². The standard InChI is InChI=1S/C12H10F3NO3/c1-18-9-3-6-7(4-10(9)19-2)16-11(5-8(6)17)12(13,14)15/h3-5H,1-2H3,(H,16,17). The maximum absolute atomic E-state index is 12.6. The lowest BCUT2D eigenvalue weighted by molar-refractivity contribution is -0.141. The Kier molecular flexibility index (Phi) is 3.13. The van der Waals surface area contributed by atoms with Gasteiger partial charge in [-0.25, -0.2) is 0 Å². The maximum Gasteiger partial charge on any atom is 0.431 e. The van der Waals surface area contributed by atoms with Gasteiger partial charge in [-0.3, -0.25) is 4.79 Å². The molecular weight excluding hydrogens is 263 g/mol. The number of pyridine rings is 1. The molecule has 0 bridgehead atoms. The zero-order valence-electron chi connectivity index (χ0n) is 10.1. The van der Waals surface area contributed by atoms with E-state index in [0.29, 0.717) is 6.07 Å². The van der Waals surface area contributed by atoms with E-state index in [9.17, 15) is 18.0 Å². The Bertz CT molecular complexity index is 676. The molecule has 1 N–H and O–H groups in total. The van der Waals surface area contributed by atoms with Crippen molar-refractivity contribution in [3.8, 4) is 11.5 Å². The molecule has 0 unspecified atom stereocenters. The number of fused-ring (bicyclic) bond motifs is 1. The number of rotatable bonds is 2. The molecule has 19 heavy (non-hydrogen) atoms. The smallest absolute Gasteiger partial charge is 0.431 e. The van der Waals surface area contributed by atoms with Crippen molar-refractivity contribution in [3.05, 3.63) is 34.1 Å². The van der Waals surface area contributed by atoms with E-state index in [2.05, 4.69) is 4.98 Å². The summed E-state index contributed by atoms with van der Waals surface area (Å²) in [6.45, 7) is 0. The summed E-state index contributed by atoms with van der Waals surface area (Å²) in [4.78, 5) is 13.9. The molecule has 0 spiro atoms. The third-order valence-corrected chi connectivity index (χ3v) is 2.64. The highest BCUT2D eigenvalue weighted by Crippen LogP contribution is 2.32. The molecule has 1 aromatic carbocycles. The molecule has 0 saturated carbocycles. The van der Waals surface area contributed by atoms with Crippen molar-refractivity contribution in [2.24, 2.45) is 0 Å². The third-order valence-electron chi connectivity index (χ3n) is 2.64. The molecule has 1 aromatic heterocycles. The molecule has 102 valence electrons. The first kappa shape index (κ1) is 13.3. The second-order valence-electron chi connectivity index (χ2n) is 3.80. The van der Waals surface area contributed by atoms with E-state index < -0.39 is 17.3 Å². The fraction of sp³-hybridized carbons (Fsp3) is 0.250. The zero-order valence-corrected chi connectivity index (χ0v) is 10.1. The summed E-state index contributed by atoms with van der Waals surface area (Å²) in [6.07, 6.45) is -4.61. The molecule has 7 heteroatoms. The van der Waals surface area contributed by atoms with E-state index in [1.54, 1.807) is 0 Å². The Labute approximate surface area is 105 Å². The normalized spacial score (nSPS) is 11.6. The SMILES string of the molecule is COc1cc2[nH]c(C(F)(F)F)cc(=O)c2cc1OC. The molecule has 0 atom stereocenters. The fourth-order valence-corrected chi connectivity index (χ4v) is 1.73. The van der Waals surface area contributed by atoms with Crippen molar-refractivity contribution in [1.29, 1.82) is 0 Å². The van der Waals surface area contributed by atoms with Crippen LogP contribution in [0.3, 0.4) is 0 Å². The second kappa shape index (κ2) is 4.49. The van der Waals surface area contributed by atoms with Crippen molar-refractivity contribution < 1.29 is 22.6 Å². The average Bonchev–Trinajstić information content (AvgIpc) is 2.36. The molecule has 2 aromatic rings. The number of hydrogen-bond donors (Lipinski definition) is 1. The number of benzene rings is 1. The van der Waals surface area contributed by atoms with Gasteiger partial charge in [0.25, 0.3) is 0 Å². The number of H-pyrrole nitrogens is 1. The van der Waals surface area contributed by atoms with Crippen LogP contribution in [-0.4, -0.2) is 19.2 Å². The minimum atomic E-state index is -4.61. The number of alkyl halides is 3. The Balaban J connectivity index is 2.78. The summed E-state index contributed by atoms with van der Waals surface area (Å²) >= 11 is 0. The Morgan fingerprint density at radius 1 is 1.05 bits per heavy atom. The van der Waals surface area contributed by atoms with Crippen LogP contribution in [0, 0.1) is 0 Å². The van der Waals surface area contributed by atoms with Gasteiger partial charge in [0.05, 0.1) is 19.7 Å². The molecule has 0 aliphatic carbocycles. The number of hydrogen-bond acceptors (Lipinski definition) is 3. The van der Waals surface area contributed by atoms with Gasteiger partial charge in [-0.05, 0) is 6.07 Å². The molecule has 0 aliphatic rings. The molecule has 0 saturated heterocycles. The van der Waals surface area contributed by atoms with Gasteiger partial charge in [-0.1, -0.05) is 0 Å². The lowest BCUT2D eigenvalue weighted by Gasteiger charge is -2.11. The average molecular weight is 273 g/mol. The van der Waals surface area contributed by atoms with E-state index in [4.69, 9.17) is 9.47 Å². The first-order valence-corrected chi connectivity index (χ1v) is 5.23. The molecule has 0 fully saturated rings. The van der Waals surface area contributed by atoms with Crippen LogP contribution in [0.25, 0.3) is 10.9 Å². The maximum atomic E-state index is 12.6. The van der Waals surface area contributed by atoms with Crippen LogP contribution in [0.5, 0.6) is 11.5 Å². The van der Waals surface area contributed by atoms with E-state index in [-0.39, 0.29) is 22.4 Å². The first-order chi connectivity index (χ1) is 8.86. The summed E-state index contributed by atoms with van der Waals surface area (Å²) in [5.74, 6) is 0.519. The summed E-state index contributed by atoms with van der Waals surface area (Å²) < 4.78 is 47.8. The minimum Gasteiger partial charge on any atom is -0.493 e. The number of nitrogens with one attached hydrogen (secondary N) is 1. The molecule has 0 amide bonds. The van der Waals surface area contributed by atoms with Crippen molar-refractivity contribution in [2.45, 2.75) is 6.18 Å². The van der Waals surface area contributed by atoms with Crippen LogP contribution in [0.2, 0.25) is 0 Å². The summed E-state index contributed by atoms with van der Waals surface area (Å²) in [7, 11) is 2.73. The van der Waals surface area contributed by atoms with Crippen LogP contribution in [0.1, 0.15) is 5.69 Å². The van der Waals surface area contributed by atoms with Gasteiger partial charge in [0.1, 0.15) is 5.69 Å². The summed E-state index contributed by atoms with van der Waals surface area (Å²) in [5.41, 5.74) is -1.79. The molecule has 0 aliphatic heterocycles.